The van der Waals surface area contributed by atoms with Crippen molar-refractivity contribution in [2.24, 2.45) is 0 Å². The van der Waals surface area contributed by atoms with E-state index in [1.165, 1.54) is 6.21 Å². The molecule has 7 nitrogen and oxygen atoms in total. The standard InChI is InChI=1S/C21H19N5O2/c1-24-8-16(7-23)15-5-18-19(10-26-21(18)25-9-15)13-2-3-20(14(4-13)6-22)28-17-11-27-12-17/h2-5,7-10,17,23-24H,11-12H2,1H3,(H,25,26)/b16-8+,23-7?. The van der Waals surface area contributed by atoms with Gasteiger partial charge in [0.15, 0.2) is 0 Å². The lowest BCUT2D eigenvalue weighted by Crippen LogP contribution is -2.38. The van der Waals surface area contributed by atoms with Crippen LogP contribution in [0.15, 0.2) is 42.9 Å². The van der Waals surface area contributed by atoms with Crippen molar-refractivity contribution in [2.45, 2.75) is 6.10 Å². The number of ether oxygens (including phenoxy) is 2. The van der Waals surface area contributed by atoms with Gasteiger partial charge in [-0.05, 0) is 23.8 Å². The maximum atomic E-state index is 9.54. The molecule has 1 aromatic carbocycles. The lowest BCUT2D eigenvalue weighted by atomic mass is 10.0. The van der Waals surface area contributed by atoms with E-state index in [9.17, 15) is 5.26 Å². The molecule has 1 aliphatic rings. The predicted octanol–water partition coefficient (Wildman–Crippen LogP) is 3.09. The minimum atomic E-state index is 0.0105. The number of nitriles is 1. The van der Waals surface area contributed by atoms with Gasteiger partial charge < -0.3 is 25.2 Å². The van der Waals surface area contributed by atoms with Crippen LogP contribution in [-0.4, -0.2) is 42.5 Å². The summed E-state index contributed by atoms with van der Waals surface area (Å²) in [6.07, 6.45) is 6.66. The van der Waals surface area contributed by atoms with Gasteiger partial charge in [-0.3, -0.25) is 0 Å². The second-order valence-corrected chi connectivity index (χ2v) is 6.46. The molecule has 0 unspecified atom stereocenters. The number of fused-ring (bicyclic) bond motifs is 1. The summed E-state index contributed by atoms with van der Waals surface area (Å²) in [5.74, 6) is 0.571. The maximum absolute atomic E-state index is 9.54. The minimum absolute atomic E-state index is 0.0105. The van der Waals surface area contributed by atoms with Gasteiger partial charge in [0.2, 0.25) is 0 Å². The van der Waals surface area contributed by atoms with Gasteiger partial charge in [-0.25, -0.2) is 4.98 Å². The van der Waals surface area contributed by atoms with Gasteiger partial charge in [-0.1, -0.05) is 6.07 Å². The summed E-state index contributed by atoms with van der Waals surface area (Å²) in [7, 11) is 1.79. The Balaban J connectivity index is 1.75. The lowest BCUT2D eigenvalue weighted by molar-refractivity contribution is -0.0797. The summed E-state index contributed by atoms with van der Waals surface area (Å²) in [5.41, 5.74) is 4.63. The number of benzene rings is 1. The molecule has 0 saturated carbocycles. The average Bonchev–Trinajstić information content (AvgIpc) is 3.12. The number of rotatable bonds is 6. The lowest BCUT2D eigenvalue weighted by Gasteiger charge is -2.27. The molecular weight excluding hydrogens is 354 g/mol. The van der Waals surface area contributed by atoms with Gasteiger partial charge in [0.05, 0.1) is 18.8 Å². The number of hydrogen-bond acceptors (Lipinski definition) is 6. The Morgan fingerprint density at radius 2 is 2.29 bits per heavy atom. The number of nitrogens with one attached hydrogen (secondary N) is 3. The van der Waals surface area contributed by atoms with Crippen molar-refractivity contribution in [1.29, 1.82) is 10.7 Å². The van der Waals surface area contributed by atoms with Crippen LogP contribution in [0.3, 0.4) is 0 Å². The molecule has 1 fully saturated rings. The predicted molar refractivity (Wildman–Crippen MR) is 107 cm³/mol. The summed E-state index contributed by atoms with van der Waals surface area (Å²) >= 11 is 0. The normalized spacial score (nSPS) is 14.4. The molecule has 4 rings (SSSR count). The smallest absolute Gasteiger partial charge is 0.145 e. The highest BCUT2D eigenvalue weighted by atomic mass is 16.6. The van der Waals surface area contributed by atoms with E-state index in [-0.39, 0.29) is 6.10 Å². The number of aromatic amines is 1. The molecule has 140 valence electrons. The molecule has 0 atom stereocenters. The third-order valence-corrected chi connectivity index (χ3v) is 4.63. The summed E-state index contributed by atoms with van der Waals surface area (Å²) in [5, 5.41) is 21.0. The number of pyridine rings is 1. The van der Waals surface area contributed by atoms with Crippen LogP contribution in [0.25, 0.3) is 27.7 Å². The van der Waals surface area contributed by atoms with Gasteiger partial charge in [0, 0.05) is 53.9 Å². The van der Waals surface area contributed by atoms with Crippen molar-refractivity contribution < 1.29 is 9.47 Å². The van der Waals surface area contributed by atoms with E-state index in [1.54, 1.807) is 19.4 Å². The zero-order valence-electron chi connectivity index (χ0n) is 15.3. The Hall–Kier alpha value is -3.63. The fourth-order valence-electron chi connectivity index (χ4n) is 3.11. The zero-order valence-corrected chi connectivity index (χ0v) is 15.3. The molecular formula is C21H19N5O2. The van der Waals surface area contributed by atoms with E-state index < -0.39 is 0 Å². The van der Waals surface area contributed by atoms with Crippen LogP contribution in [0, 0.1) is 16.7 Å². The fourth-order valence-corrected chi connectivity index (χ4v) is 3.11. The monoisotopic (exact) mass is 373 g/mol. The Labute approximate surface area is 162 Å². The molecule has 7 heteroatoms. The molecule has 0 bridgehead atoms. The second kappa shape index (κ2) is 7.55. The van der Waals surface area contributed by atoms with Gasteiger partial charge in [-0.2, -0.15) is 5.26 Å². The molecule has 2 aromatic heterocycles. The summed E-state index contributed by atoms with van der Waals surface area (Å²) in [4.78, 5) is 7.64. The molecule has 1 saturated heterocycles. The maximum Gasteiger partial charge on any atom is 0.145 e. The van der Waals surface area contributed by atoms with Crippen LogP contribution in [-0.2, 0) is 4.74 Å². The first kappa shape index (κ1) is 17.8. The van der Waals surface area contributed by atoms with E-state index in [1.807, 2.05) is 30.5 Å². The van der Waals surface area contributed by atoms with E-state index in [0.29, 0.717) is 24.5 Å². The number of allylic oxidation sites excluding steroid dienone is 1. The fraction of sp³-hybridized carbons (Fsp3) is 0.190. The van der Waals surface area contributed by atoms with Crippen LogP contribution < -0.4 is 10.1 Å². The van der Waals surface area contributed by atoms with Gasteiger partial charge in [-0.15, -0.1) is 0 Å². The quantitative estimate of drug-likeness (QED) is 0.576. The first-order chi connectivity index (χ1) is 13.7. The summed E-state index contributed by atoms with van der Waals surface area (Å²) in [6.45, 7) is 1.11. The van der Waals surface area contributed by atoms with Crippen molar-refractivity contribution in [2.75, 3.05) is 20.3 Å². The molecule has 3 aromatic rings. The first-order valence-electron chi connectivity index (χ1n) is 8.88. The second-order valence-electron chi connectivity index (χ2n) is 6.46. The molecule has 0 aliphatic carbocycles. The number of H-pyrrole nitrogens is 1. The van der Waals surface area contributed by atoms with Crippen LogP contribution in [0.5, 0.6) is 5.75 Å². The third-order valence-electron chi connectivity index (χ3n) is 4.63. The van der Waals surface area contributed by atoms with Crippen LogP contribution in [0.2, 0.25) is 0 Å². The zero-order chi connectivity index (χ0) is 19.5. The van der Waals surface area contributed by atoms with E-state index >= 15 is 0 Å². The molecule has 0 radical (unpaired) electrons. The van der Waals surface area contributed by atoms with Crippen LogP contribution in [0.1, 0.15) is 11.1 Å². The Kier molecular flexibility index (Phi) is 4.79. The molecule has 1 aliphatic heterocycles. The SMILES string of the molecule is CN/C=C(\C=N)c1cnc2[nH]cc(-c3ccc(OC4COC4)c(C#N)c3)c2c1. The number of aromatic nitrogens is 2. The molecule has 3 N–H and O–H groups in total. The highest BCUT2D eigenvalue weighted by Crippen LogP contribution is 2.33. The van der Waals surface area contributed by atoms with Crippen molar-refractivity contribution >= 4 is 22.8 Å². The van der Waals surface area contributed by atoms with Gasteiger partial charge in [0.25, 0.3) is 0 Å². The van der Waals surface area contributed by atoms with Crippen molar-refractivity contribution in [3.63, 3.8) is 0 Å². The Morgan fingerprint density at radius 3 is 2.96 bits per heavy atom. The average molecular weight is 373 g/mol. The summed E-state index contributed by atoms with van der Waals surface area (Å²) in [6, 6.07) is 9.79. The van der Waals surface area contributed by atoms with E-state index in [4.69, 9.17) is 14.9 Å². The van der Waals surface area contributed by atoms with Gasteiger partial charge in [0.1, 0.15) is 23.6 Å². The molecule has 3 heterocycles. The summed E-state index contributed by atoms with van der Waals surface area (Å²) < 4.78 is 10.9. The van der Waals surface area contributed by atoms with Crippen molar-refractivity contribution in [3.05, 3.63) is 54.0 Å². The van der Waals surface area contributed by atoms with E-state index in [2.05, 4.69) is 21.4 Å². The highest BCUT2D eigenvalue weighted by Gasteiger charge is 2.21. The van der Waals surface area contributed by atoms with Crippen molar-refractivity contribution in [3.8, 4) is 22.9 Å². The molecule has 0 spiro atoms. The largest absolute Gasteiger partial charge is 0.484 e. The Bertz CT molecular complexity index is 1110. The molecule has 28 heavy (non-hydrogen) atoms. The number of nitrogens with zero attached hydrogens (tertiary/aromatic N) is 2. The molecule has 0 amide bonds. The first-order valence-corrected chi connectivity index (χ1v) is 8.88. The topological polar surface area (TPSA) is 107 Å². The van der Waals surface area contributed by atoms with Crippen molar-refractivity contribution in [1.82, 2.24) is 15.3 Å². The van der Waals surface area contributed by atoms with Crippen LogP contribution >= 0.6 is 0 Å². The third kappa shape index (κ3) is 3.21. The Morgan fingerprint density at radius 1 is 1.43 bits per heavy atom. The number of hydrogen-bond donors (Lipinski definition) is 3. The minimum Gasteiger partial charge on any atom is -0.484 e. The van der Waals surface area contributed by atoms with E-state index in [0.717, 1.165) is 33.3 Å². The highest BCUT2D eigenvalue weighted by molar-refractivity contribution is 6.09. The van der Waals surface area contributed by atoms with Gasteiger partial charge >= 0.3 is 0 Å². The van der Waals surface area contributed by atoms with Crippen LogP contribution in [0.4, 0.5) is 0 Å².